The molecule has 2 heterocycles. The first-order valence-electron chi connectivity index (χ1n) is 7.04. The standard InChI is InChI=1S/C16H14N2O4S2/c1-24(20)10-11-4-2-5-12(8-11)16(19)21-9-14-17-15(18-22-14)13-6-3-7-23-13/h2-8H,9-10H2,1H3. The Morgan fingerprint density at radius 3 is 2.96 bits per heavy atom. The third-order valence-electron chi connectivity index (χ3n) is 3.07. The zero-order chi connectivity index (χ0) is 16.9. The molecule has 2 aromatic heterocycles. The van der Waals surface area contributed by atoms with Gasteiger partial charge in [0.25, 0.3) is 5.89 Å². The summed E-state index contributed by atoms with van der Waals surface area (Å²) in [7, 11) is -0.968. The fraction of sp³-hybridized carbons (Fsp3) is 0.188. The highest BCUT2D eigenvalue weighted by molar-refractivity contribution is 7.83. The Morgan fingerprint density at radius 1 is 1.33 bits per heavy atom. The maximum atomic E-state index is 12.1. The average Bonchev–Trinajstić information content (AvgIpc) is 3.23. The van der Waals surface area contributed by atoms with Crippen molar-refractivity contribution in [3.05, 3.63) is 58.8 Å². The van der Waals surface area contributed by atoms with Gasteiger partial charge >= 0.3 is 5.97 Å². The highest BCUT2D eigenvalue weighted by Gasteiger charge is 2.13. The molecule has 8 heteroatoms. The van der Waals surface area contributed by atoms with E-state index in [4.69, 9.17) is 9.26 Å². The molecule has 1 aromatic carbocycles. The van der Waals surface area contributed by atoms with E-state index in [-0.39, 0.29) is 12.5 Å². The summed E-state index contributed by atoms with van der Waals surface area (Å²) in [6.07, 6.45) is 1.62. The van der Waals surface area contributed by atoms with E-state index in [0.717, 1.165) is 10.4 Å². The topological polar surface area (TPSA) is 82.3 Å². The molecule has 6 nitrogen and oxygen atoms in total. The number of ether oxygens (including phenoxy) is 1. The van der Waals surface area contributed by atoms with Crippen LogP contribution in [0.5, 0.6) is 0 Å². The van der Waals surface area contributed by atoms with Crippen molar-refractivity contribution in [1.29, 1.82) is 0 Å². The van der Waals surface area contributed by atoms with Gasteiger partial charge < -0.3 is 9.26 Å². The number of nitrogens with zero attached hydrogens (tertiary/aromatic N) is 2. The number of esters is 1. The number of rotatable bonds is 6. The van der Waals surface area contributed by atoms with Crippen LogP contribution in [0.2, 0.25) is 0 Å². The van der Waals surface area contributed by atoms with Crippen molar-refractivity contribution in [1.82, 2.24) is 10.1 Å². The van der Waals surface area contributed by atoms with Gasteiger partial charge in [0.05, 0.1) is 10.4 Å². The Morgan fingerprint density at radius 2 is 2.21 bits per heavy atom. The minimum Gasteiger partial charge on any atom is -0.452 e. The van der Waals surface area contributed by atoms with Crippen LogP contribution in [0.15, 0.2) is 46.3 Å². The predicted molar refractivity (Wildman–Crippen MR) is 90.9 cm³/mol. The quantitative estimate of drug-likeness (QED) is 0.627. The Hall–Kier alpha value is -2.32. The van der Waals surface area contributed by atoms with Crippen molar-refractivity contribution < 1.29 is 18.3 Å². The van der Waals surface area contributed by atoms with Crippen LogP contribution >= 0.6 is 11.3 Å². The lowest BCUT2D eigenvalue weighted by molar-refractivity contribution is 0.0429. The van der Waals surface area contributed by atoms with E-state index in [1.807, 2.05) is 23.6 Å². The van der Waals surface area contributed by atoms with Crippen molar-refractivity contribution in [3.63, 3.8) is 0 Å². The number of hydrogen-bond donors (Lipinski definition) is 0. The number of carbonyl (C=O) groups is 1. The van der Waals surface area contributed by atoms with Crippen LogP contribution in [0, 0.1) is 0 Å². The molecular formula is C16H14N2O4S2. The minimum atomic E-state index is -0.968. The van der Waals surface area contributed by atoms with E-state index in [1.54, 1.807) is 24.5 Å². The summed E-state index contributed by atoms with van der Waals surface area (Å²) in [6.45, 7) is -0.0961. The number of thiophene rings is 1. The second-order valence-corrected chi connectivity index (χ2v) is 7.37. The first-order chi connectivity index (χ1) is 11.6. The lowest BCUT2D eigenvalue weighted by Crippen LogP contribution is -2.06. The van der Waals surface area contributed by atoms with Crippen LogP contribution in [-0.4, -0.2) is 26.6 Å². The smallest absolute Gasteiger partial charge is 0.338 e. The maximum Gasteiger partial charge on any atom is 0.338 e. The van der Waals surface area contributed by atoms with Crippen LogP contribution in [0.4, 0.5) is 0 Å². The van der Waals surface area contributed by atoms with Gasteiger partial charge in [0.1, 0.15) is 0 Å². The molecule has 0 amide bonds. The maximum absolute atomic E-state index is 12.1. The first kappa shape index (κ1) is 16.5. The lowest BCUT2D eigenvalue weighted by Gasteiger charge is -2.04. The Labute approximate surface area is 144 Å². The van der Waals surface area contributed by atoms with Gasteiger partial charge in [0.15, 0.2) is 6.61 Å². The first-order valence-corrected chi connectivity index (χ1v) is 9.65. The normalized spacial score (nSPS) is 12.0. The van der Waals surface area contributed by atoms with Crippen molar-refractivity contribution >= 4 is 28.1 Å². The summed E-state index contributed by atoms with van der Waals surface area (Å²) in [6, 6.07) is 10.7. The highest BCUT2D eigenvalue weighted by Crippen LogP contribution is 2.21. The van der Waals surface area contributed by atoms with Crippen molar-refractivity contribution in [2.75, 3.05) is 6.26 Å². The van der Waals surface area contributed by atoms with Crippen LogP contribution in [0.3, 0.4) is 0 Å². The van der Waals surface area contributed by atoms with Crippen LogP contribution < -0.4 is 0 Å². The predicted octanol–water partition coefficient (Wildman–Crippen LogP) is 3.03. The van der Waals surface area contributed by atoms with Gasteiger partial charge in [-0.15, -0.1) is 11.3 Å². The number of benzene rings is 1. The fourth-order valence-electron chi connectivity index (χ4n) is 2.05. The molecule has 1 atom stereocenters. The van der Waals surface area contributed by atoms with Crippen molar-refractivity contribution in [3.8, 4) is 10.7 Å². The number of hydrogen-bond acceptors (Lipinski definition) is 7. The summed E-state index contributed by atoms with van der Waals surface area (Å²) in [5.74, 6) is 0.616. The van der Waals surface area contributed by atoms with Gasteiger partial charge in [0, 0.05) is 22.8 Å². The molecule has 0 radical (unpaired) electrons. The molecule has 3 aromatic rings. The molecule has 0 bridgehead atoms. The van der Waals surface area contributed by atoms with Crippen LogP contribution in [-0.2, 0) is 27.9 Å². The summed E-state index contributed by atoms with van der Waals surface area (Å²) in [5.41, 5.74) is 1.22. The molecule has 0 aliphatic rings. The zero-order valence-corrected chi connectivity index (χ0v) is 14.4. The van der Waals surface area contributed by atoms with Gasteiger partial charge in [-0.1, -0.05) is 23.4 Å². The lowest BCUT2D eigenvalue weighted by atomic mass is 10.1. The molecule has 124 valence electrons. The van der Waals surface area contributed by atoms with Gasteiger partial charge in [-0.05, 0) is 29.1 Å². The van der Waals surface area contributed by atoms with E-state index in [2.05, 4.69) is 10.1 Å². The highest BCUT2D eigenvalue weighted by atomic mass is 32.2. The third kappa shape index (κ3) is 4.15. The summed E-state index contributed by atoms with van der Waals surface area (Å²) >= 11 is 1.50. The van der Waals surface area contributed by atoms with E-state index < -0.39 is 16.8 Å². The zero-order valence-electron chi connectivity index (χ0n) is 12.8. The molecule has 0 saturated heterocycles. The second kappa shape index (κ2) is 7.50. The largest absolute Gasteiger partial charge is 0.452 e. The fourth-order valence-corrected chi connectivity index (χ4v) is 3.35. The van der Waals surface area contributed by atoms with Gasteiger partial charge in [-0.2, -0.15) is 4.98 Å². The van der Waals surface area contributed by atoms with E-state index in [1.165, 1.54) is 11.3 Å². The molecule has 0 spiro atoms. The van der Waals surface area contributed by atoms with Crippen LogP contribution in [0.25, 0.3) is 10.7 Å². The molecule has 0 saturated carbocycles. The molecule has 0 fully saturated rings. The van der Waals surface area contributed by atoms with Gasteiger partial charge in [0.2, 0.25) is 5.82 Å². The second-order valence-electron chi connectivity index (χ2n) is 4.98. The monoisotopic (exact) mass is 362 g/mol. The van der Waals surface area contributed by atoms with Crippen molar-refractivity contribution in [2.45, 2.75) is 12.4 Å². The number of carbonyl (C=O) groups excluding carboxylic acids is 1. The Balaban J connectivity index is 1.62. The van der Waals surface area contributed by atoms with Gasteiger partial charge in [-0.3, -0.25) is 4.21 Å². The van der Waals surface area contributed by atoms with E-state index >= 15 is 0 Å². The van der Waals surface area contributed by atoms with Gasteiger partial charge in [-0.25, -0.2) is 4.79 Å². The van der Waals surface area contributed by atoms with E-state index in [9.17, 15) is 9.00 Å². The molecule has 0 aliphatic heterocycles. The Bertz CT molecular complexity index is 859. The SMILES string of the molecule is CS(=O)Cc1cccc(C(=O)OCc2nc(-c3cccs3)no2)c1. The summed E-state index contributed by atoms with van der Waals surface area (Å²) < 4.78 is 21.5. The number of aromatic nitrogens is 2. The molecule has 0 aliphatic carbocycles. The third-order valence-corrected chi connectivity index (χ3v) is 4.67. The summed E-state index contributed by atoms with van der Waals surface area (Å²) in [5, 5.41) is 5.77. The molecular weight excluding hydrogens is 348 g/mol. The molecule has 3 rings (SSSR count). The molecule has 1 unspecified atom stereocenters. The average molecular weight is 362 g/mol. The molecule has 0 N–H and O–H groups in total. The minimum absolute atomic E-state index is 0.0961. The molecule has 24 heavy (non-hydrogen) atoms. The Kier molecular flexibility index (Phi) is 5.17. The van der Waals surface area contributed by atoms with E-state index in [0.29, 0.717) is 17.1 Å². The van der Waals surface area contributed by atoms with Crippen molar-refractivity contribution in [2.24, 2.45) is 0 Å². The van der Waals surface area contributed by atoms with Crippen LogP contribution in [0.1, 0.15) is 21.8 Å². The summed E-state index contributed by atoms with van der Waals surface area (Å²) in [4.78, 5) is 17.2.